The first-order chi connectivity index (χ1) is 30.2. The van der Waals surface area contributed by atoms with E-state index in [2.05, 4.69) is 69.1 Å². The monoisotopic (exact) mass is 848 g/mol. The number of carbonyl (C=O) groups is 4. The van der Waals surface area contributed by atoms with Crippen molar-refractivity contribution in [3.05, 3.63) is 72.6 Å². The SMILES string of the molecule is COC(=O)N[C@H](C(=O)N1[C@H](C)CC[C@H]1c1ncc(-c2ccc(-c3ccc(-c4cnc([C@@H]5C[C@H]6C[C@H]6N5C(=O)[C@@H](NC(=O)OC)[C@H]5CCCOC5)[nH]4)cc3)cc2)[nH]1)[C@H]1CCCOC1. The Morgan fingerprint density at radius 2 is 1.15 bits per heavy atom. The third-order valence-electron chi connectivity index (χ3n) is 13.6. The number of aromatic nitrogens is 4. The molecule has 328 valence electrons. The second-order valence-corrected chi connectivity index (χ2v) is 17.4. The molecule has 9 atom stereocenters. The Morgan fingerprint density at radius 1 is 0.661 bits per heavy atom. The van der Waals surface area contributed by atoms with E-state index >= 15 is 0 Å². The summed E-state index contributed by atoms with van der Waals surface area (Å²) in [5, 5.41) is 5.63. The third kappa shape index (κ3) is 8.41. The van der Waals surface area contributed by atoms with E-state index in [1.807, 2.05) is 29.1 Å². The maximum absolute atomic E-state index is 14.2. The van der Waals surface area contributed by atoms with Gasteiger partial charge in [-0.2, -0.15) is 0 Å². The number of nitrogens with one attached hydrogen (secondary N) is 4. The molecule has 1 aliphatic carbocycles. The maximum Gasteiger partial charge on any atom is 0.407 e. The molecule has 5 aliphatic rings. The summed E-state index contributed by atoms with van der Waals surface area (Å²) in [5.41, 5.74) is 5.78. The Morgan fingerprint density at radius 3 is 1.63 bits per heavy atom. The van der Waals surface area contributed by atoms with Gasteiger partial charge in [-0.25, -0.2) is 19.6 Å². The molecule has 2 aromatic carbocycles. The topological polar surface area (TPSA) is 193 Å². The van der Waals surface area contributed by atoms with Crippen molar-refractivity contribution >= 4 is 24.0 Å². The van der Waals surface area contributed by atoms with Crippen molar-refractivity contribution in [2.45, 2.75) is 94.5 Å². The molecule has 0 radical (unpaired) electrons. The largest absolute Gasteiger partial charge is 0.453 e. The molecule has 0 spiro atoms. The zero-order chi connectivity index (χ0) is 42.9. The summed E-state index contributed by atoms with van der Waals surface area (Å²) in [6.07, 6.45) is 9.02. The van der Waals surface area contributed by atoms with Crippen LogP contribution >= 0.6 is 0 Å². The normalized spacial score (nSPS) is 26.6. The van der Waals surface area contributed by atoms with Gasteiger partial charge in [0.1, 0.15) is 23.7 Å². The first-order valence-corrected chi connectivity index (χ1v) is 22.0. The molecule has 9 rings (SSSR count). The maximum atomic E-state index is 14.2. The van der Waals surface area contributed by atoms with E-state index in [-0.39, 0.29) is 47.8 Å². The minimum absolute atomic E-state index is 0.0226. The zero-order valence-electron chi connectivity index (χ0n) is 35.5. The lowest BCUT2D eigenvalue weighted by Gasteiger charge is -2.36. The fraction of sp³-hybridized carbons (Fsp3) is 0.522. The molecule has 4 saturated heterocycles. The quantitative estimate of drug-likeness (QED) is 0.136. The second-order valence-electron chi connectivity index (χ2n) is 17.4. The van der Waals surface area contributed by atoms with Crippen molar-refractivity contribution in [3.63, 3.8) is 0 Å². The summed E-state index contributed by atoms with van der Waals surface area (Å²) in [7, 11) is 2.61. The smallest absolute Gasteiger partial charge is 0.407 e. The molecule has 0 bridgehead atoms. The van der Waals surface area contributed by atoms with E-state index in [4.69, 9.17) is 28.9 Å². The van der Waals surface area contributed by atoms with Crippen molar-refractivity contribution in [2.75, 3.05) is 40.6 Å². The highest BCUT2D eigenvalue weighted by atomic mass is 16.5. The predicted molar refractivity (Wildman–Crippen MR) is 227 cm³/mol. The highest BCUT2D eigenvalue weighted by Gasteiger charge is 2.56. The van der Waals surface area contributed by atoms with Crippen LogP contribution < -0.4 is 10.6 Å². The molecule has 1 saturated carbocycles. The lowest BCUT2D eigenvalue weighted by Crippen LogP contribution is -2.55. The Balaban J connectivity index is 0.861. The van der Waals surface area contributed by atoms with Crippen molar-refractivity contribution in [1.29, 1.82) is 0 Å². The van der Waals surface area contributed by atoms with Crippen LogP contribution in [-0.4, -0.2) is 119 Å². The highest BCUT2D eigenvalue weighted by molar-refractivity contribution is 5.88. The number of H-pyrrole nitrogens is 2. The van der Waals surface area contributed by atoms with E-state index in [9.17, 15) is 19.2 Å². The Hall–Kier alpha value is -5.74. The summed E-state index contributed by atoms with van der Waals surface area (Å²) in [6.45, 7) is 4.18. The van der Waals surface area contributed by atoms with Crippen LogP contribution in [0.1, 0.15) is 82.0 Å². The molecular weight excluding hydrogens is 793 g/mol. The molecule has 2 aromatic heterocycles. The van der Waals surface area contributed by atoms with Gasteiger partial charge in [0, 0.05) is 37.1 Å². The van der Waals surface area contributed by atoms with Gasteiger partial charge in [-0.1, -0.05) is 48.5 Å². The first kappa shape index (κ1) is 41.6. The Bertz CT molecular complexity index is 2090. The van der Waals surface area contributed by atoms with Crippen molar-refractivity contribution in [1.82, 2.24) is 40.4 Å². The highest BCUT2D eigenvalue weighted by Crippen LogP contribution is 2.53. The number of benzene rings is 2. The van der Waals surface area contributed by atoms with Gasteiger partial charge in [-0.05, 0) is 86.5 Å². The van der Waals surface area contributed by atoms with Crippen LogP contribution in [0.2, 0.25) is 0 Å². The van der Waals surface area contributed by atoms with Crippen LogP contribution in [-0.2, 0) is 28.5 Å². The van der Waals surface area contributed by atoms with Crippen molar-refractivity contribution in [2.24, 2.45) is 17.8 Å². The number of hydrogen-bond acceptors (Lipinski definition) is 10. The Labute approximate surface area is 360 Å². The average molecular weight is 849 g/mol. The summed E-state index contributed by atoms with van der Waals surface area (Å²) >= 11 is 0. The number of piperidine rings is 1. The number of aromatic amines is 2. The average Bonchev–Trinajstić information content (AvgIpc) is 3.80. The molecule has 5 fully saturated rings. The molecule has 62 heavy (non-hydrogen) atoms. The van der Waals surface area contributed by atoms with Crippen LogP contribution in [0.3, 0.4) is 0 Å². The number of alkyl carbamates (subject to hydrolysis) is 2. The molecule has 16 heteroatoms. The summed E-state index contributed by atoms with van der Waals surface area (Å²) < 4.78 is 21.2. The Kier molecular flexibility index (Phi) is 12.0. The lowest BCUT2D eigenvalue weighted by molar-refractivity contribution is -0.139. The number of likely N-dealkylation sites (tertiary alicyclic amines) is 2. The van der Waals surface area contributed by atoms with Gasteiger partial charge in [0.2, 0.25) is 11.8 Å². The van der Waals surface area contributed by atoms with Gasteiger partial charge in [-0.3, -0.25) is 9.59 Å². The van der Waals surface area contributed by atoms with E-state index in [1.165, 1.54) is 14.2 Å². The van der Waals surface area contributed by atoms with Gasteiger partial charge < -0.3 is 49.3 Å². The number of fused-ring (bicyclic) bond motifs is 1. The van der Waals surface area contributed by atoms with E-state index in [1.54, 1.807) is 0 Å². The lowest BCUT2D eigenvalue weighted by atomic mass is 9.92. The molecule has 4 amide bonds. The van der Waals surface area contributed by atoms with E-state index < -0.39 is 24.3 Å². The van der Waals surface area contributed by atoms with Crippen molar-refractivity contribution in [3.8, 4) is 33.6 Å². The van der Waals surface area contributed by atoms with Gasteiger partial charge >= 0.3 is 12.2 Å². The number of rotatable bonds is 11. The van der Waals surface area contributed by atoms with Crippen LogP contribution in [0.25, 0.3) is 33.6 Å². The number of ether oxygens (including phenoxy) is 4. The fourth-order valence-corrected chi connectivity index (χ4v) is 10.1. The first-order valence-electron chi connectivity index (χ1n) is 22.0. The third-order valence-corrected chi connectivity index (χ3v) is 13.6. The number of methoxy groups -OCH3 is 2. The van der Waals surface area contributed by atoms with Gasteiger partial charge in [0.25, 0.3) is 0 Å². The number of hydrogen-bond donors (Lipinski definition) is 4. The van der Waals surface area contributed by atoms with Gasteiger partial charge in [0.15, 0.2) is 0 Å². The van der Waals surface area contributed by atoms with Crippen molar-refractivity contribution < 1.29 is 38.1 Å². The molecule has 6 heterocycles. The number of nitrogens with zero attached hydrogens (tertiary/aromatic N) is 4. The molecule has 4 N–H and O–H groups in total. The van der Waals surface area contributed by atoms with Gasteiger partial charge in [0.05, 0.1) is 63.3 Å². The van der Waals surface area contributed by atoms with E-state index in [0.29, 0.717) is 32.3 Å². The number of amides is 4. The minimum Gasteiger partial charge on any atom is -0.453 e. The molecule has 4 aliphatic heterocycles. The van der Waals surface area contributed by atoms with Crippen LogP contribution in [0.15, 0.2) is 60.9 Å². The zero-order valence-corrected chi connectivity index (χ0v) is 35.5. The molecule has 0 unspecified atom stereocenters. The van der Waals surface area contributed by atoms with Crippen LogP contribution in [0, 0.1) is 17.8 Å². The molecular formula is C46H56N8O8. The van der Waals surface area contributed by atoms with Crippen LogP contribution in [0.4, 0.5) is 9.59 Å². The van der Waals surface area contributed by atoms with E-state index in [0.717, 1.165) is 96.7 Å². The van der Waals surface area contributed by atoms with Crippen LogP contribution in [0.5, 0.6) is 0 Å². The summed E-state index contributed by atoms with van der Waals surface area (Å²) in [6, 6.07) is 14.8. The second kappa shape index (κ2) is 17.9. The predicted octanol–water partition coefficient (Wildman–Crippen LogP) is 6.15. The molecule has 16 nitrogen and oxygen atoms in total. The summed E-state index contributed by atoms with van der Waals surface area (Å²) in [4.78, 5) is 73.4. The number of imidazole rings is 2. The summed E-state index contributed by atoms with van der Waals surface area (Å²) in [5.74, 6) is 1.39. The fourth-order valence-electron chi connectivity index (χ4n) is 10.1. The molecule has 4 aromatic rings. The standard InChI is InChI=1S/C46H56N8O8/c1-26-8-17-36(53(26)43(55)39(51-45(57)59-2)31-6-4-18-61-24-31)41-47-22-34(49-41)29-13-9-27(10-14-29)28-11-15-30(16-12-28)35-23-48-42(50-35)38-21-33-20-37(33)54(38)44(56)40(52-46(58)60-3)32-7-5-19-62-25-32/h9-16,22-23,26,31-33,36-40H,4-8,17-21,24-25H2,1-3H3,(H,47,49)(H,48,50)(H,51,57)(H,52,58)/t26-,31+,32+,33-,36+,37-,38+,39+,40+/m1/s1. The van der Waals surface area contributed by atoms with Gasteiger partial charge in [-0.15, -0.1) is 0 Å². The minimum atomic E-state index is -0.746. The number of carbonyl (C=O) groups excluding carboxylic acids is 4.